The predicted octanol–water partition coefficient (Wildman–Crippen LogP) is 8.69. The highest BCUT2D eigenvalue weighted by molar-refractivity contribution is 5.47. The molecule has 4 heteroatoms. The first-order chi connectivity index (χ1) is 16.6. The van der Waals surface area contributed by atoms with E-state index >= 15 is 0 Å². The van der Waals surface area contributed by atoms with Crippen LogP contribution in [-0.4, -0.2) is 25.3 Å². The van der Waals surface area contributed by atoms with Crippen molar-refractivity contribution in [1.82, 2.24) is 0 Å². The monoisotopic (exact) mass is 468 g/mol. The van der Waals surface area contributed by atoms with Gasteiger partial charge in [-0.05, 0) is 88.1 Å². The Kier molecular flexibility index (Phi) is 14.0. The highest BCUT2D eigenvalue weighted by atomic mass is 16.5. The molecule has 2 atom stereocenters. The Bertz CT molecular complexity index is 680. The fourth-order valence-corrected chi connectivity index (χ4v) is 3.99. The number of unbranched alkanes of at least 4 members (excludes halogenated alkanes) is 5. The topological polar surface area (TPSA) is 42.5 Å². The lowest BCUT2D eigenvalue weighted by Crippen LogP contribution is -2.14. The van der Waals surface area contributed by atoms with Crippen LogP contribution in [0.1, 0.15) is 91.9 Å². The van der Waals surface area contributed by atoms with E-state index in [9.17, 15) is 0 Å². The Morgan fingerprint density at radius 2 is 0.941 bits per heavy atom. The van der Waals surface area contributed by atoms with E-state index in [-0.39, 0.29) is 0 Å². The number of hydrogen-bond donors (Lipinski definition) is 2. The van der Waals surface area contributed by atoms with Gasteiger partial charge in [-0.2, -0.15) is 0 Å². The Hall–Kier alpha value is -2.36. The number of hydrogen-bond acceptors (Lipinski definition) is 4. The van der Waals surface area contributed by atoms with Crippen LogP contribution in [0, 0.1) is 0 Å². The molecule has 0 radical (unpaired) electrons. The number of benzene rings is 2. The van der Waals surface area contributed by atoms with Crippen molar-refractivity contribution in [2.45, 2.75) is 104 Å². The largest absolute Gasteiger partial charge is 0.494 e. The number of ether oxygens (including phenoxy) is 2. The quantitative estimate of drug-likeness (QED) is 0.202. The molecule has 0 fully saturated rings. The van der Waals surface area contributed by atoms with E-state index in [0.717, 1.165) is 35.7 Å². The van der Waals surface area contributed by atoms with E-state index in [1.54, 1.807) is 0 Å². The van der Waals surface area contributed by atoms with Gasteiger partial charge >= 0.3 is 0 Å². The summed E-state index contributed by atoms with van der Waals surface area (Å²) in [7, 11) is 0. The van der Waals surface area contributed by atoms with Crippen LogP contribution in [0.4, 0.5) is 11.4 Å². The zero-order chi connectivity index (χ0) is 24.4. The van der Waals surface area contributed by atoms with Gasteiger partial charge in [-0.1, -0.05) is 52.4 Å². The summed E-state index contributed by atoms with van der Waals surface area (Å²) >= 11 is 0. The molecule has 0 spiro atoms. The minimum atomic E-state index is 0.505. The summed E-state index contributed by atoms with van der Waals surface area (Å²) in [5, 5.41) is 7.15. The van der Waals surface area contributed by atoms with Gasteiger partial charge in [-0.15, -0.1) is 0 Å². The molecule has 0 heterocycles. The standard InChI is InChI=1S/C30H48N2O2/c1-5-7-9-13-25(3)31-27-15-19-29(20-16-27)33-23-11-12-24-34-30-21-17-28(18-22-30)32-26(4)14-10-8-6-2/h15-22,25-26,31-32H,5-14,23-24H2,1-4H3. The van der Waals surface area contributed by atoms with Crippen molar-refractivity contribution in [2.24, 2.45) is 0 Å². The molecule has 2 aromatic rings. The maximum atomic E-state index is 5.89. The smallest absolute Gasteiger partial charge is 0.119 e. The molecule has 0 aliphatic rings. The summed E-state index contributed by atoms with van der Waals surface area (Å²) in [4.78, 5) is 0. The second kappa shape index (κ2) is 17.1. The van der Waals surface area contributed by atoms with Crippen LogP contribution in [0.5, 0.6) is 11.5 Å². The summed E-state index contributed by atoms with van der Waals surface area (Å²) in [6.45, 7) is 10.4. The molecule has 2 rings (SSSR count). The van der Waals surface area contributed by atoms with Crippen molar-refractivity contribution in [3.8, 4) is 11.5 Å². The van der Waals surface area contributed by atoms with Gasteiger partial charge in [-0.25, -0.2) is 0 Å². The molecule has 4 nitrogen and oxygen atoms in total. The third kappa shape index (κ3) is 12.2. The Balaban J connectivity index is 1.55. The van der Waals surface area contributed by atoms with E-state index in [0.29, 0.717) is 25.3 Å². The summed E-state index contributed by atoms with van der Waals surface area (Å²) in [5.74, 6) is 1.86. The maximum absolute atomic E-state index is 5.89. The first-order valence-electron chi connectivity index (χ1n) is 13.6. The summed E-state index contributed by atoms with van der Waals surface area (Å²) in [6, 6.07) is 17.7. The molecule has 0 bridgehead atoms. The molecule has 190 valence electrons. The minimum Gasteiger partial charge on any atom is -0.494 e. The Labute approximate surface area is 208 Å². The lowest BCUT2D eigenvalue weighted by atomic mass is 10.1. The Morgan fingerprint density at radius 1 is 0.559 bits per heavy atom. The van der Waals surface area contributed by atoms with Gasteiger partial charge in [0.15, 0.2) is 0 Å². The second-order valence-electron chi connectivity index (χ2n) is 9.54. The van der Waals surface area contributed by atoms with Gasteiger partial charge in [0.05, 0.1) is 13.2 Å². The van der Waals surface area contributed by atoms with Crippen LogP contribution in [0.15, 0.2) is 48.5 Å². The number of nitrogens with one attached hydrogen (secondary N) is 2. The Morgan fingerprint density at radius 3 is 1.29 bits per heavy atom. The van der Waals surface area contributed by atoms with Gasteiger partial charge in [0, 0.05) is 23.5 Å². The molecule has 0 aliphatic carbocycles. The molecule has 2 unspecified atom stereocenters. The zero-order valence-electron chi connectivity index (χ0n) is 22.1. The van der Waals surface area contributed by atoms with Gasteiger partial charge in [0.2, 0.25) is 0 Å². The fraction of sp³-hybridized carbons (Fsp3) is 0.600. The highest BCUT2D eigenvalue weighted by Crippen LogP contribution is 2.19. The van der Waals surface area contributed by atoms with Gasteiger partial charge in [-0.3, -0.25) is 0 Å². The van der Waals surface area contributed by atoms with Crippen molar-refractivity contribution >= 4 is 11.4 Å². The third-order valence-corrected chi connectivity index (χ3v) is 6.09. The number of anilines is 2. The molecule has 0 aliphatic heterocycles. The van der Waals surface area contributed by atoms with E-state index in [2.05, 4.69) is 86.9 Å². The van der Waals surface area contributed by atoms with E-state index in [4.69, 9.17) is 9.47 Å². The van der Waals surface area contributed by atoms with E-state index in [1.165, 1.54) is 51.4 Å². The number of rotatable bonds is 19. The molecule has 0 aromatic heterocycles. The molecular formula is C30H48N2O2. The molecular weight excluding hydrogens is 420 g/mol. The summed E-state index contributed by atoms with van der Waals surface area (Å²) in [5.41, 5.74) is 2.33. The summed E-state index contributed by atoms with van der Waals surface area (Å²) in [6.07, 6.45) is 12.1. The summed E-state index contributed by atoms with van der Waals surface area (Å²) < 4.78 is 11.8. The van der Waals surface area contributed by atoms with Crippen LogP contribution < -0.4 is 20.1 Å². The van der Waals surface area contributed by atoms with Crippen LogP contribution in [0.3, 0.4) is 0 Å². The van der Waals surface area contributed by atoms with Gasteiger partial charge in [0.1, 0.15) is 11.5 Å². The third-order valence-electron chi connectivity index (χ3n) is 6.09. The SMILES string of the molecule is CCCCCC(C)Nc1ccc(OCCCCOc2ccc(NC(C)CCCCC)cc2)cc1. The predicted molar refractivity (Wildman–Crippen MR) is 148 cm³/mol. The van der Waals surface area contributed by atoms with Crippen molar-refractivity contribution in [1.29, 1.82) is 0 Å². The molecule has 34 heavy (non-hydrogen) atoms. The van der Waals surface area contributed by atoms with E-state index < -0.39 is 0 Å². The normalized spacial score (nSPS) is 12.7. The molecule has 0 saturated carbocycles. The molecule has 0 amide bonds. The van der Waals surface area contributed by atoms with Gasteiger partial charge in [0.25, 0.3) is 0 Å². The van der Waals surface area contributed by atoms with E-state index in [1.807, 2.05) is 0 Å². The lowest BCUT2D eigenvalue weighted by Gasteiger charge is -2.16. The molecule has 0 saturated heterocycles. The van der Waals surface area contributed by atoms with Crippen LogP contribution in [0.25, 0.3) is 0 Å². The maximum Gasteiger partial charge on any atom is 0.119 e. The van der Waals surface area contributed by atoms with Crippen LogP contribution in [0.2, 0.25) is 0 Å². The average Bonchev–Trinajstić information content (AvgIpc) is 2.83. The molecule has 2 aromatic carbocycles. The van der Waals surface area contributed by atoms with Crippen LogP contribution >= 0.6 is 0 Å². The van der Waals surface area contributed by atoms with Crippen LogP contribution in [-0.2, 0) is 0 Å². The minimum absolute atomic E-state index is 0.505. The van der Waals surface area contributed by atoms with Crippen molar-refractivity contribution in [3.05, 3.63) is 48.5 Å². The lowest BCUT2D eigenvalue weighted by molar-refractivity contribution is 0.266. The van der Waals surface area contributed by atoms with Crippen molar-refractivity contribution in [3.63, 3.8) is 0 Å². The van der Waals surface area contributed by atoms with Gasteiger partial charge < -0.3 is 20.1 Å². The fourth-order valence-electron chi connectivity index (χ4n) is 3.99. The average molecular weight is 469 g/mol. The van der Waals surface area contributed by atoms with Crippen molar-refractivity contribution < 1.29 is 9.47 Å². The zero-order valence-corrected chi connectivity index (χ0v) is 22.1. The molecule has 2 N–H and O–H groups in total. The second-order valence-corrected chi connectivity index (χ2v) is 9.54. The highest BCUT2D eigenvalue weighted by Gasteiger charge is 2.04. The van der Waals surface area contributed by atoms with Crippen molar-refractivity contribution in [2.75, 3.05) is 23.8 Å². The first kappa shape index (κ1) is 27.9. The first-order valence-corrected chi connectivity index (χ1v) is 13.6.